The molecule has 16 heavy (non-hydrogen) atoms. The van der Waals surface area contributed by atoms with E-state index in [1.54, 1.807) is 0 Å². The van der Waals surface area contributed by atoms with Crippen molar-refractivity contribution < 1.29 is 0 Å². The highest BCUT2D eigenvalue weighted by Crippen LogP contribution is 2.43. The summed E-state index contributed by atoms with van der Waals surface area (Å²) < 4.78 is 0.446. The summed E-state index contributed by atoms with van der Waals surface area (Å²) in [6.45, 7) is 0. The number of aromatic nitrogens is 1. The molecule has 1 atom stereocenters. The topological polar surface area (TPSA) is 12.9 Å². The molecule has 1 aromatic carbocycles. The second-order valence-corrected chi connectivity index (χ2v) is 6.03. The van der Waals surface area contributed by atoms with Crippen LogP contribution in [0.1, 0.15) is 20.6 Å². The van der Waals surface area contributed by atoms with Gasteiger partial charge in [-0.1, -0.05) is 46.9 Å². The Balaban J connectivity index is 2.18. The van der Waals surface area contributed by atoms with Gasteiger partial charge in [-0.3, -0.25) is 4.98 Å². The van der Waals surface area contributed by atoms with Crippen molar-refractivity contribution in [3.63, 3.8) is 0 Å². The second kappa shape index (κ2) is 4.37. The Morgan fingerprint density at radius 2 is 2.06 bits per heavy atom. The second-order valence-electron chi connectivity index (χ2n) is 3.76. The summed E-state index contributed by atoms with van der Waals surface area (Å²) in [5.74, 6) is 1.05. The zero-order valence-corrected chi connectivity index (χ0v) is 11.5. The zero-order chi connectivity index (χ0) is 11.0. The first-order valence-electron chi connectivity index (χ1n) is 5.15. The Kier molecular flexibility index (Phi) is 2.90. The van der Waals surface area contributed by atoms with Gasteiger partial charge < -0.3 is 0 Å². The first-order chi connectivity index (χ1) is 7.86. The molecule has 0 fully saturated rings. The van der Waals surface area contributed by atoms with E-state index in [2.05, 4.69) is 57.9 Å². The van der Waals surface area contributed by atoms with Crippen LogP contribution in [0.3, 0.4) is 0 Å². The summed E-state index contributed by atoms with van der Waals surface area (Å²) >= 11 is 4.41. The summed E-state index contributed by atoms with van der Waals surface area (Å²) in [6, 6.07) is 10.9. The van der Waals surface area contributed by atoms with Crippen LogP contribution < -0.4 is 0 Å². The molecule has 1 nitrogen and oxygen atoms in total. The van der Waals surface area contributed by atoms with Crippen molar-refractivity contribution in [1.82, 2.24) is 4.98 Å². The van der Waals surface area contributed by atoms with Crippen molar-refractivity contribution in [3.8, 4) is 0 Å². The number of benzene rings is 1. The highest BCUT2D eigenvalue weighted by Gasteiger charge is 2.20. The largest absolute Gasteiger partial charge is 0.264 e. The highest BCUT2D eigenvalue weighted by atomic mass is 127. The van der Waals surface area contributed by atoms with E-state index in [1.165, 1.54) is 21.6 Å². The minimum atomic E-state index is 0.446. The minimum absolute atomic E-state index is 0.446. The van der Waals surface area contributed by atoms with Gasteiger partial charge in [0, 0.05) is 23.0 Å². The van der Waals surface area contributed by atoms with E-state index in [4.69, 9.17) is 0 Å². The molecule has 0 N–H and O–H groups in total. The van der Waals surface area contributed by atoms with Crippen LogP contribution in [0.4, 0.5) is 0 Å². The molecular formula is C13H10INS. The number of hydrogen-bond acceptors (Lipinski definition) is 2. The number of nitrogens with zero attached hydrogens (tertiary/aromatic N) is 1. The Labute approximate surface area is 113 Å². The predicted molar refractivity (Wildman–Crippen MR) is 76.1 cm³/mol. The maximum absolute atomic E-state index is 4.21. The quantitative estimate of drug-likeness (QED) is 0.527. The van der Waals surface area contributed by atoms with Gasteiger partial charge in [0.05, 0.1) is 3.92 Å². The monoisotopic (exact) mass is 339 g/mol. The fraction of sp³-hybridized carbons (Fsp3) is 0.154. The molecule has 1 unspecified atom stereocenters. The number of pyridine rings is 1. The lowest BCUT2D eigenvalue weighted by Gasteiger charge is -2.12. The number of halogens is 1. The normalized spacial score (nSPS) is 18.4. The molecule has 1 aromatic heterocycles. The van der Waals surface area contributed by atoms with Crippen LogP contribution in [0, 0.1) is 0 Å². The Morgan fingerprint density at radius 1 is 1.19 bits per heavy atom. The zero-order valence-electron chi connectivity index (χ0n) is 8.56. The molecule has 0 spiro atoms. The number of fused-ring (bicyclic) bond motifs is 2. The van der Waals surface area contributed by atoms with Crippen molar-refractivity contribution in [2.75, 3.05) is 0 Å². The van der Waals surface area contributed by atoms with Gasteiger partial charge in [-0.15, -0.1) is 11.8 Å². The lowest BCUT2D eigenvalue weighted by molar-refractivity contribution is 1.09. The number of rotatable bonds is 0. The maximum atomic E-state index is 4.21. The first kappa shape index (κ1) is 10.6. The van der Waals surface area contributed by atoms with Crippen LogP contribution in [0.5, 0.6) is 0 Å². The molecule has 0 saturated carbocycles. The number of thioether (sulfide) groups is 1. The third-order valence-corrected chi connectivity index (χ3v) is 5.25. The van der Waals surface area contributed by atoms with Crippen molar-refractivity contribution in [1.29, 1.82) is 0 Å². The Bertz CT molecular complexity index is 479. The van der Waals surface area contributed by atoms with Crippen LogP contribution in [-0.4, -0.2) is 4.98 Å². The highest BCUT2D eigenvalue weighted by molar-refractivity contribution is 14.1. The molecule has 0 amide bonds. The fourth-order valence-electron chi connectivity index (χ4n) is 1.96. The van der Waals surface area contributed by atoms with E-state index >= 15 is 0 Å². The average molecular weight is 339 g/mol. The molecule has 1 aliphatic heterocycles. The molecular weight excluding hydrogens is 329 g/mol. The van der Waals surface area contributed by atoms with Crippen molar-refractivity contribution in [2.45, 2.75) is 14.6 Å². The molecule has 0 saturated heterocycles. The Hall–Kier alpha value is -0.550. The predicted octanol–water partition coefficient (Wildman–Crippen LogP) is 4.21. The molecule has 0 bridgehead atoms. The molecule has 80 valence electrons. The van der Waals surface area contributed by atoms with Crippen molar-refractivity contribution >= 4 is 34.4 Å². The third kappa shape index (κ3) is 1.76. The van der Waals surface area contributed by atoms with Gasteiger partial charge in [-0.05, 0) is 22.8 Å². The van der Waals surface area contributed by atoms with Gasteiger partial charge >= 0.3 is 0 Å². The molecule has 0 radical (unpaired) electrons. The standard InChI is InChI=1S/C13H10INS/c14-13-10-4-2-1-3-9(10)8-16-12-7-15-6-5-11(12)13/h1-7,13H,8H2. The average Bonchev–Trinajstić information content (AvgIpc) is 2.49. The minimum Gasteiger partial charge on any atom is -0.264 e. The van der Waals surface area contributed by atoms with Gasteiger partial charge in [-0.25, -0.2) is 0 Å². The van der Waals surface area contributed by atoms with E-state index in [9.17, 15) is 0 Å². The van der Waals surface area contributed by atoms with E-state index in [0.717, 1.165) is 5.75 Å². The molecule has 0 aliphatic carbocycles. The third-order valence-electron chi connectivity index (χ3n) is 2.80. The summed E-state index contributed by atoms with van der Waals surface area (Å²) in [6.07, 6.45) is 3.87. The smallest absolute Gasteiger partial charge is 0.0623 e. The van der Waals surface area contributed by atoms with Crippen LogP contribution in [0.25, 0.3) is 0 Å². The van der Waals surface area contributed by atoms with Crippen LogP contribution in [0.2, 0.25) is 0 Å². The molecule has 3 heteroatoms. The maximum Gasteiger partial charge on any atom is 0.0623 e. The van der Waals surface area contributed by atoms with Gasteiger partial charge in [0.1, 0.15) is 0 Å². The summed E-state index contributed by atoms with van der Waals surface area (Å²) in [7, 11) is 0. The number of hydrogen-bond donors (Lipinski definition) is 0. The fourth-order valence-corrected chi connectivity index (χ4v) is 4.38. The van der Waals surface area contributed by atoms with Crippen molar-refractivity contribution in [2.24, 2.45) is 0 Å². The van der Waals surface area contributed by atoms with Crippen LogP contribution in [-0.2, 0) is 5.75 Å². The molecule has 3 rings (SSSR count). The van der Waals surface area contributed by atoms with Gasteiger partial charge in [0.2, 0.25) is 0 Å². The summed E-state index contributed by atoms with van der Waals surface area (Å²) in [5.41, 5.74) is 4.29. The summed E-state index contributed by atoms with van der Waals surface area (Å²) in [5, 5.41) is 0. The summed E-state index contributed by atoms with van der Waals surface area (Å²) in [4.78, 5) is 5.53. The lowest BCUT2D eigenvalue weighted by atomic mass is 10.0. The van der Waals surface area contributed by atoms with E-state index in [-0.39, 0.29) is 0 Å². The first-order valence-corrected chi connectivity index (χ1v) is 7.38. The molecule has 2 heterocycles. The van der Waals surface area contributed by atoms with Crippen LogP contribution >= 0.6 is 34.4 Å². The van der Waals surface area contributed by atoms with E-state index < -0.39 is 0 Å². The Morgan fingerprint density at radius 3 is 3.00 bits per heavy atom. The molecule has 1 aliphatic rings. The van der Waals surface area contributed by atoms with Crippen LogP contribution in [0.15, 0.2) is 47.6 Å². The van der Waals surface area contributed by atoms with Gasteiger partial charge in [0.25, 0.3) is 0 Å². The SMILES string of the molecule is IC1c2ccccc2CSc2cnccc21. The lowest BCUT2D eigenvalue weighted by Crippen LogP contribution is -1.95. The molecule has 2 aromatic rings. The number of alkyl halides is 1. The van der Waals surface area contributed by atoms with Gasteiger partial charge in [-0.2, -0.15) is 0 Å². The van der Waals surface area contributed by atoms with Crippen molar-refractivity contribution in [3.05, 3.63) is 59.4 Å². The van der Waals surface area contributed by atoms with E-state index in [1.807, 2.05) is 24.2 Å². The van der Waals surface area contributed by atoms with E-state index in [0.29, 0.717) is 3.92 Å². The van der Waals surface area contributed by atoms with Gasteiger partial charge in [0.15, 0.2) is 0 Å².